The van der Waals surface area contributed by atoms with Crippen LogP contribution >= 0.6 is 0 Å². The first kappa shape index (κ1) is 14.3. The predicted molar refractivity (Wildman–Crippen MR) is 74.9 cm³/mol. The number of methoxy groups -OCH3 is 1. The van der Waals surface area contributed by atoms with Crippen LogP contribution in [0.2, 0.25) is 0 Å². The molecule has 0 saturated carbocycles. The van der Waals surface area contributed by atoms with E-state index in [1.165, 1.54) is 31.4 Å². The molecular weight excluding hydrogens is 281 g/mol. The molecule has 0 fully saturated rings. The van der Waals surface area contributed by atoms with E-state index < -0.39 is 15.8 Å². The monoisotopic (exact) mass is 295 g/mol. The molecule has 20 heavy (non-hydrogen) atoms. The van der Waals surface area contributed by atoms with E-state index in [4.69, 9.17) is 4.74 Å². The first-order valence-electron chi connectivity index (χ1n) is 5.86. The molecule has 0 heterocycles. The molecule has 0 bridgehead atoms. The first-order chi connectivity index (χ1) is 9.44. The normalized spacial score (nSPS) is 11.2. The van der Waals surface area contributed by atoms with Crippen LogP contribution in [0.3, 0.4) is 0 Å². The fraction of sp³-hybridized carbons (Fsp3) is 0.143. The van der Waals surface area contributed by atoms with Crippen molar-refractivity contribution >= 4 is 15.7 Å². The van der Waals surface area contributed by atoms with Crippen molar-refractivity contribution < 1.29 is 17.5 Å². The van der Waals surface area contributed by atoms with Gasteiger partial charge in [-0.2, -0.15) is 0 Å². The number of halogens is 1. The Morgan fingerprint density at radius 1 is 1.15 bits per heavy atom. The average molecular weight is 295 g/mol. The van der Waals surface area contributed by atoms with Crippen LogP contribution in [-0.2, 0) is 10.0 Å². The molecule has 0 aliphatic carbocycles. The number of benzene rings is 2. The molecule has 6 heteroatoms. The number of para-hydroxylation sites is 1. The van der Waals surface area contributed by atoms with Crippen LogP contribution in [0, 0.1) is 12.7 Å². The van der Waals surface area contributed by atoms with Crippen LogP contribution < -0.4 is 9.46 Å². The Labute approximate surface area is 117 Å². The maximum absolute atomic E-state index is 13.5. The number of sulfonamides is 1. The predicted octanol–water partition coefficient (Wildman–Crippen LogP) is 2.94. The third-order valence-electron chi connectivity index (χ3n) is 2.73. The van der Waals surface area contributed by atoms with Gasteiger partial charge in [0.05, 0.1) is 12.8 Å². The molecule has 0 spiro atoms. The summed E-state index contributed by atoms with van der Waals surface area (Å²) in [5, 5.41) is 0. The molecule has 0 radical (unpaired) electrons. The van der Waals surface area contributed by atoms with Crippen molar-refractivity contribution in [2.24, 2.45) is 0 Å². The van der Waals surface area contributed by atoms with Gasteiger partial charge in [0.25, 0.3) is 10.0 Å². The minimum atomic E-state index is -3.92. The van der Waals surface area contributed by atoms with E-state index in [1.54, 1.807) is 25.1 Å². The smallest absolute Gasteiger partial charge is 0.265 e. The van der Waals surface area contributed by atoms with Gasteiger partial charge in [-0.3, -0.25) is 4.72 Å². The highest BCUT2D eigenvalue weighted by Gasteiger charge is 2.20. The zero-order valence-corrected chi connectivity index (χ0v) is 11.9. The lowest BCUT2D eigenvalue weighted by Crippen LogP contribution is -2.15. The van der Waals surface area contributed by atoms with Crippen LogP contribution in [0.5, 0.6) is 5.75 Å². The van der Waals surface area contributed by atoms with E-state index in [-0.39, 0.29) is 16.3 Å². The van der Waals surface area contributed by atoms with E-state index in [9.17, 15) is 12.8 Å². The fourth-order valence-corrected chi connectivity index (χ4v) is 3.06. The van der Waals surface area contributed by atoms with Crippen molar-refractivity contribution in [1.82, 2.24) is 0 Å². The van der Waals surface area contributed by atoms with Crippen LogP contribution in [0.15, 0.2) is 47.4 Å². The quantitative estimate of drug-likeness (QED) is 0.943. The Kier molecular flexibility index (Phi) is 3.94. The Balaban J connectivity index is 2.46. The highest BCUT2D eigenvalue weighted by atomic mass is 32.2. The SMILES string of the molecule is COc1ccc(C)cc1S(=O)(=O)Nc1ccccc1F. The third-order valence-corrected chi connectivity index (χ3v) is 4.11. The third kappa shape index (κ3) is 2.91. The highest BCUT2D eigenvalue weighted by molar-refractivity contribution is 7.92. The second kappa shape index (κ2) is 5.50. The van der Waals surface area contributed by atoms with Crippen LogP contribution in [0.4, 0.5) is 10.1 Å². The Hall–Kier alpha value is -2.08. The van der Waals surface area contributed by atoms with Crippen molar-refractivity contribution in [3.05, 3.63) is 53.8 Å². The zero-order valence-electron chi connectivity index (χ0n) is 11.1. The molecule has 106 valence electrons. The van der Waals surface area contributed by atoms with E-state index in [1.807, 2.05) is 0 Å². The molecule has 2 aromatic rings. The summed E-state index contributed by atoms with van der Waals surface area (Å²) in [6.07, 6.45) is 0. The van der Waals surface area contributed by atoms with Crippen LogP contribution in [0.25, 0.3) is 0 Å². The molecule has 1 N–H and O–H groups in total. The number of hydrogen-bond donors (Lipinski definition) is 1. The molecule has 2 rings (SSSR count). The molecule has 0 amide bonds. The van der Waals surface area contributed by atoms with Gasteiger partial charge >= 0.3 is 0 Å². The number of nitrogens with one attached hydrogen (secondary N) is 1. The van der Waals surface area contributed by atoms with Crippen molar-refractivity contribution in [2.45, 2.75) is 11.8 Å². The second-order valence-corrected chi connectivity index (χ2v) is 5.89. The van der Waals surface area contributed by atoms with Crippen LogP contribution in [0.1, 0.15) is 5.56 Å². The molecule has 0 aliphatic heterocycles. The highest BCUT2D eigenvalue weighted by Crippen LogP contribution is 2.27. The molecule has 0 saturated heterocycles. The van der Waals surface area contributed by atoms with Gasteiger partial charge in [-0.25, -0.2) is 12.8 Å². The molecule has 0 aliphatic rings. The van der Waals surface area contributed by atoms with Gasteiger partial charge in [-0.15, -0.1) is 0 Å². The van der Waals surface area contributed by atoms with Crippen molar-refractivity contribution in [2.75, 3.05) is 11.8 Å². The van der Waals surface area contributed by atoms with Crippen molar-refractivity contribution in [1.29, 1.82) is 0 Å². The van der Waals surface area contributed by atoms with Crippen molar-refractivity contribution in [3.8, 4) is 5.75 Å². The summed E-state index contributed by atoms with van der Waals surface area (Å²) in [4.78, 5) is -0.0248. The van der Waals surface area contributed by atoms with Gasteiger partial charge in [0, 0.05) is 0 Å². The summed E-state index contributed by atoms with van der Waals surface area (Å²) in [6.45, 7) is 1.77. The summed E-state index contributed by atoms with van der Waals surface area (Å²) in [5.41, 5.74) is 0.663. The Morgan fingerprint density at radius 2 is 1.85 bits per heavy atom. The van der Waals surface area contributed by atoms with Gasteiger partial charge in [-0.1, -0.05) is 18.2 Å². The minimum Gasteiger partial charge on any atom is -0.495 e. The van der Waals surface area contributed by atoms with E-state index >= 15 is 0 Å². The number of rotatable bonds is 4. The molecule has 0 unspecified atom stereocenters. The number of hydrogen-bond acceptors (Lipinski definition) is 3. The summed E-state index contributed by atoms with van der Waals surface area (Å²) >= 11 is 0. The maximum Gasteiger partial charge on any atom is 0.265 e. The molecular formula is C14H14FNO3S. The lowest BCUT2D eigenvalue weighted by Gasteiger charge is -2.12. The topological polar surface area (TPSA) is 55.4 Å². The summed E-state index contributed by atoms with van der Waals surface area (Å²) < 4.78 is 45.5. The number of aryl methyl sites for hydroxylation is 1. The standard InChI is InChI=1S/C14H14FNO3S/c1-10-7-8-13(19-2)14(9-10)20(17,18)16-12-6-4-3-5-11(12)15/h3-9,16H,1-2H3. The molecule has 0 aromatic heterocycles. The van der Waals surface area contributed by atoms with Gasteiger partial charge in [-0.05, 0) is 36.8 Å². The molecule has 0 atom stereocenters. The van der Waals surface area contributed by atoms with E-state index in [0.717, 1.165) is 5.56 Å². The van der Waals surface area contributed by atoms with Gasteiger partial charge in [0.1, 0.15) is 16.5 Å². The van der Waals surface area contributed by atoms with E-state index in [2.05, 4.69) is 4.72 Å². The average Bonchev–Trinajstić information content (AvgIpc) is 2.41. The maximum atomic E-state index is 13.5. The second-order valence-electron chi connectivity index (χ2n) is 4.24. The summed E-state index contributed by atoms with van der Waals surface area (Å²) in [5.74, 6) is -0.429. The first-order valence-corrected chi connectivity index (χ1v) is 7.34. The van der Waals surface area contributed by atoms with Gasteiger partial charge < -0.3 is 4.74 Å². The minimum absolute atomic E-state index is 0.0248. The summed E-state index contributed by atoms with van der Waals surface area (Å²) in [7, 11) is -2.53. The Bertz CT molecular complexity index is 729. The lowest BCUT2D eigenvalue weighted by atomic mass is 10.2. The molecule has 2 aromatic carbocycles. The van der Waals surface area contributed by atoms with E-state index in [0.29, 0.717) is 0 Å². The largest absolute Gasteiger partial charge is 0.495 e. The summed E-state index contributed by atoms with van der Waals surface area (Å²) in [6, 6.07) is 10.4. The van der Waals surface area contributed by atoms with Crippen molar-refractivity contribution in [3.63, 3.8) is 0 Å². The Morgan fingerprint density at radius 3 is 2.50 bits per heavy atom. The van der Waals surface area contributed by atoms with Gasteiger partial charge in [0.15, 0.2) is 0 Å². The lowest BCUT2D eigenvalue weighted by molar-refractivity contribution is 0.402. The van der Waals surface area contributed by atoms with Crippen LogP contribution in [-0.4, -0.2) is 15.5 Å². The zero-order chi connectivity index (χ0) is 14.8. The number of ether oxygens (including phenoxy) is 1. The fourth-order valence-electron chi connectivity index (χ4n) is 1.74. The number of anilines is 1. The van der Waals surface area contributed by atoms with Gasteiger partial charge in [0.2, 0.25) is 0 Å². The molecule has 4 nitrogen and oxygen atoms in total.